The highest BCUT2D eigenvalue weighted by atomic mass is 16.7. The Hall–Kier alpha value is -0.860. The number of carbonyl (C=O) groups is 1. The molecule has 0 saturated heterocycles. The van der Waals surface area contributed by atoms with Crippen LogP contribution in [0.3, 0.4) is 0 Å². The number of oxime groups is 1. The van der Waals surface area contributed by atoms with Crippen LogP contribution in [0.1, 0.15) is 26.7 Å². The summed E-state index contributed by atoms with van der Waals surface area (Å²) in [4.78, 5) is 15.3. The SMILES string of the molecule is CC(C)=NOC(=O)[C]1CC1. The van der Waals surface area contributed by atoms with Crippen molar-refractivity contribution >= 4 is 11.7 Å². The Morgan fingerprint density at radius 2 is 2.10 bits per heavy atom. The summed E-state index contributed by atoms with van der Waals surface area (Å²) in [6, 6.07) is 0. The van der Waals surface area contributed by atoms with Gasteiger partial charge in [-0.2, -0.15) is 0 Å². The molecule has 1 saturated carbocycles. The van der Waals surface area contributed by atoms with Crippen LogP contribution in [-0.4, -0.2) is 11.7 Å². The summed E-state index contributed by atoms with van der Waals surface area (Å²) in [5.74, 6) is 0.589. The zero-order valence-electron chi connectivity index (χ0n) is 6.18. The first kappa shape index (κ1) is 7.25. The minimum Gasteiger partial charge on any atom is -0.318 e. The van der Waals surface area contributed by atoms with E-state index in [0.717, 1.165) is 24.5 Å². The van der Waals surface area contributed by atoms with E-state index in [0.29, 0.717) is 0 Å². The average Bonchev–Trinajstić information content (AvgIpc) is 2.63. The normalized spacial score (nSPS) is 16.2. The third-order valence-corrected chi connectivity index (χ3v) is 1.10. The molecule has 1 radical (unpaired) electrons. The molecule has 0 aliphatic heterocycles. The Bertz CT molecular complexity index is 166. The standard InChI is InChI=1S/C7H10NO2/c1-5(2)8-10-7(9)6-3-4-6/h3-4H2,1-2H3. The van der Waals surface area contributed by atoms with Gasteiger partial charge in [0.05, 0.1) is 11.6 Å². The third kappa shape index (κ3) is 2.17. The van der Waals surface area contributed by atoms with Crippen molar-refractivity contribution in [2.45, 2.75) is 26.7 Å². The quantitative estimate of drug-likeness (QED) is 0.329. The Balaban J connectivity index is 2.24. The Kier molecular flexibility index (Phi) is 2.04. The molecule has 55 valence electrons. The second-order valence-corrected chi connectivity index (χ2v) is 2.52. The Morgan fingerprint density at radius 3 is 2.50 bits per heavy atom. The van der Waals surface area contributed by atoms with Gasteiger partial charge in [0.2, 0.25) is 0 Å². The minimum absolute atomic E-state index is 0.263. The highest BCUT2D eigenvalue weighted by molar-refractivity contribution is 5.89. The molecule has 0 heterocycles. The van der Waals surface area contributed by atoms with Crippen molar-refractivity contribution in [1.82, 2.24) is 0 Å². The highest BCUT2D eigenvalue weighted by Crippen LogP contribution is 2.32. The maximum Gasteiger partial charge on any atom is 0.342 e. The fourth-order valence-electron chi connectivity index (χ4n) is 0.464. The van der Waals surface area contributed by atoms with E-state index in [1.807, 2.05) is 0 Å². The minimum atomic E-state index is -0.263. The maximum atomic E-state index is 10.7. The molecule has 10 heavy (non-hydrogen) atoms. The molecule has 3 heteroatoms. The lowest BCUT2D eigenvalue weighted by molar-refractivity contribution is -0.140. The van der Waals surface area contributed by atoms with E-state index in [1.165, 1.54) is 0 Å². The lowest BCUT2D eigenvalue weighted by Crippen LogP contribution is -2.01. The molecule has 0 aromatic heterocycles. The zero-order valence-corrected chi connectivity index (χ0v) is 6.18. The van der Waals surface area contributed by atoms with Gasteiger partial charge in [0.15, 0.2) is 0 Å². The summed E-state index contributed by atoms with van der Waals surface area (Å²) in [5, 5.41) is 3.53. The molecular weight excluding hydrogens is 130 g/mol. The van der Waals surface area contributed by atoms with E-state index in [2.05, 4.69) is 9.99 Å². The van der Waals surface area contributed by atoms with Gasteiger partial charge >= 0.3 is 5.97 Å². The summed E-state index contributed by atoms with van der Waals surface area (Å²) >= 11 is 0. The molecule has 0 aromatic rings. The summed E-state index contributed by atoms with van der Waals surface area (Å²) < 4.78 is 0. The van der Waals surface area contributed by atoms with Crippen LogP contribution in [0.4, 0.5) is 0 Å². The average molecular weight is 140 g/mol. The van der Waals surface area contributed by atoms with E-state index in [1.54, 1.807) is 13.8 Å². The van der Waals surface area contributed by atoms with Gasteiger partial charge in [-0.3, -0.25) is 0 Å². The molecule has 0 N–H and O–H groups in total. The van der Waals surface area contributed by atoms with Crippen molar-refractivity contribution in [2.24, 2.45) is 5.16 Å². The first-order valence-electron chi connectivity index (χ1n) is 3.27. The molecule has 0 amide bonds. The van der Waals surface area contributed by atoms with Gasteiger partial charge in [-0.05, 0) is 26.7 Å². The van der Waals surface area contributed by atoms with Crippen LogP contribution < -0.4 is 0 Å². The fourth-order valence-corrected chi connectivity index (χ4v) is 0.464. The van der Waals surface area contributed by atoms with Crippen molar-refractivity contribution < 1.29 is 9.63 Å². The van der Waals surface area contributed by atoms with Crippen LogP contribution in [-0.2, 0) is 9.63 Å². The van der Waals surface area contributed by atoms with Crippen LogP contribution in [0.15, 0.2) is 5.16 Å². The van der Waals surface area contributed by atoms with Crippen molar-refractivity contribution in [3.63, 3.8) is 0 Å². The van der Waals surface area contributed by atoms with Crippen molar-refractivity contribution in [1.29, 1.82) is 0 Å². The molecule has 0 aromatic carbocycles. The van der Waals surface area contributed by atoms with Gasteiger partial charge < -0.3 is 4.84 Å². The fraction of sp³-hybridized carbons (Fsp3) is 0.571. The molecule has 1 aliphatic carbocycles. The second kappa shape index (κ2) is 2.82. The van der Waals surface area contributed by atoms with Crippen molar-refractivity contribution in [3.05, 3.63) is 5.92 Å². The van der Waals surface area contributed by atoms with E-state index >= 15 is 0 Å². The monoisotopic (exact) mass is 140 g/mol. The van der Waals surface area contributed by atoms with Crippen LogP contribution in [0.2, 0.25) is 0 Å². The first-order valence-corrected chi connectivity index (χ1v) is 3.27. The first-order chi connectivity index (χ1) is 4.70. The number of hydrogen-bond acceptors (Lipinski definition) is 3. The van der Waals surface area contributed by atoms with Gasteiger partial charge in [-0.15, -0.1) is 0 Å². The van der Waals surface area contributed by atoms with Gasteiger partial charge in [0.1, 0.15) is 0 Å². The van der Waals surface area contributed by atoms with E-state index < -0.39 is 0 Å². The van der Waals surface area contributed by atoms with Crippen molar-refractivity contribution in [2.75, 3.05) is 0 Å². The lowest BCUT2D eigenvalue weighted by Gasteiger charge is -1.92. The number of nitrogens with zero attached hydrogens (tertiary/aromatic N) is 1. The van der Waals surface area contributed by atoms with Crippen molar-refractivity contribution in [3.8, 4) is 0 Å². The van der Waals surface area contributed by atoms with Gasteiger partial charge in [-0.1, -0.05) is 5.16 Å². The Labute approximate surface area is 60.0 Å². The van der Waals surface area contributed by atoms with Gasteiger partial charge in [0, 0.05) is 0 Å². The second-order valence-electron chi connectivity index (χ2n) is 2.52. The van der Waals surface area contributed by atoms with Gasteiger partial charge in [0.25, 0.3) is 0 Å². The molecule has 1 fully saturated rings. The van der Waals surface area contributed by atoms with Gasteiger partial charge in [-0.25, -0.2) is 4.79 Å². The lowest BCUT2D eigenvalue weighted by atomic mass is 10.4. The molecule has 1 rings (SSSR count). The van der Waals surface area contributed by atoms with Crippen LogP contribution in [0.25, 0.3) is 0 Å². The van der Waals surface area contributed by atoms with Crippen LogP contribution >= 0.6 is 0 Å². The predicted molar refractivity (Wildman–Crippen MR) is 37.4 cm³/mol. The number of rotatable bonds is 2. The zero-order chi connectivity index (χ0) is 7.56. The summed E-state index contributed by atoms with van der Waals surface area (Å²) in [5.41, 5.74) is 0.759. The molecule has 0 unspecified atom stereocenters. The number of carbonyl (C=O) groups excluding carboxylic acids is 1. The topological polar surface area (TPSA) is 38.7 Å². The molecule has 1 aliphatic rings. The smallest absolute Gasteiger partial charge is 0.318 e. The highest BCUT2D eigenvalue weighted by Gasteiger charge is 2.32. The largest absolute Gasteiger partial charge is 0.342 e. The van der Waals surface area contributed by atoms with E-state index in [-0.39, 0.29) is 5.97 Å². The van der Waals surface area contributed by atoms with Crippen LogP contribution in [0, 0.1) is 5.92 Å². The molecule has 0 atom stereocenters. The third-order valence-electron chi connectivity index (χ3n) is 1.10. The molecular formula is C7H10NO2. The molecule has 0 spiro atoms. The number of hydrogen-bond donors (Lipinski definition) is 0. The maximum absolute atomic E-state index is 10.7. The van der Waals surface area contributed by atoms with E-state index in [4.69, 9.17) is 0 Å². The van der Waals surface area contributed by atoms with Crippen LogP contribution in [0.5, 0.6) is 0 Å². The summed E-state index contributed by atoms with van der Waals surface area (Å²) in [6.45, 7) is 3.57. The summed E-state index contributed by atoms with van der Waals surface area (Å²) in [7, 11) is 0. The van der Waals surface area contributed by atoms with E-state index in [9.17, 15) is 4.79 Å². The molecule has 0 bridgehead atoms. The Morgan fingerprint density at radius 1 is 1.50 bits per heavy atom. The summed E-state index contributed by atoms with van der Waals surface area (Å²) in [6.07, 6.45) is 1.77. The predicted octanol–water partition coefficient (Wildman–Crippen LogP) is 1.29. The molecule has 3 nitrogen and oxygen atoms in total.